The number of aromatic carboxylic acids is 1. The lowest BCUT2D eigenvalue weighted by molar-refractivity contribution is -0.139. The second-order valence-corrected chi connectivity index (χ2v) is 4.73. The van der Waals surface area contributed by atoms with Gasteiger partial charge in [-0.1, -0.05) is 13.8 Å². The molecular formula is C14H17F3O4. The third-order valence-corrected chi connectivity index (χ3v) is 3.34. The van der Waals surface area contributed by atoms with Crippen LogP contribution in [0, 0.1) is 0 Å². The standard InChI is InChI=1S/C14H17F3O4/c1-3-13(20,4-2)8-21-11-6-5-9(12(18)19)7-10(11)14(15,16)17/h5-7,20H,3-4,8H2,1-2H3,(H,18,19). The number of alkyl halides is 3. The number of rotatable bonds is 6. The van der Waals surface area contributed by atoms with Gasteiger partial charge < -0.3 is 14.9 Å². The van der Waals surface area contributed by atoms with Gasteiger partial charge in [0.1, 0.15) is 12.4 Å². The van der Waals surface area contributed by atoms with Crippen LogP contribution in [0.15, 0.2) is 18.2 Å². The van der Waals surface area contributed by atoms with Crippen molar-refractivity contribution in [3.05, 3.63) is 29.3 Å². The molecule has 4 nitrogen and oxygen atoms in total. The number of carboxylic acids is 1. The van der Waals surface area contributed by atoms with E-state index in [4.69, 9.17) is 9.84 Å². The highest BCUT2D eigenvalue weighted by Gasteiger charge is 2.36. The lowest BCUT2D eigenvalue weighted by Gasteiger charge is -2.26. The fourth-order valence-electron chi connectivity index (χ4n) is 1.68. The van der Waals surface area contributed by atoms with Gasteiger partial charge in [0.15, 0.2) is 0 Å². The Labute approximate surface area is 120 Å². The summed E-state index contributed by atoms with van der Waals surface area (Å²) in [6, 6.07) is 2.51. The molecule has 0 fully saturated rings. The third kappa shape index (κ3) is 4.35. The first-order valence-electron chi connectivity index (χ1n) is 6.42. The van der Waals surface area contributed by atoms with E-state index in [1.54, 1.807) is 13.8 Å². The molecule has 0 atom stereocenters. The van der Waals surface area contributed by atoms with Crippen LogP contribution in [0.25, 0.3) is 0 Å². The number of hydrogen-bond donors (Lipinski definition) is 2. The van der Waals surface area contributed by atoms with Crippen molar-refractivity contribution in [3.8, 4) is 5.75 Å². The molecule has 0 aliphatic heterocycles. The maximum absolute atomic E-state index is 12.9. The van der Waals surface area contributed by atoms with E-state index in [1.807, 2.05) is 0 Å². The molecule has 0 saturated heterocycles. The normalized spacial score (nSPS) is 12.3. The van der Waals surface area contributed by atoms with Crippen LogP contribution in [0.5, 0.6) is 5.75 Å². The molecule has 1 aromatic carbocycles. The van der Waals surface area contributed by atoms with Gasteiger partial charge in [0.2, 0.25) is 0 Å². The van der Waals surface area contributed by atoms with Crippen molar-refractivity contribution in [2.24, 2.45) is 0 Å². The smallest absolute Gasteiger partial charge is 0.419 e. The average Bonchev–Trinajstić information content (AvgIpc) is 2.43. The molecule has 0 amide bonds. The summed E-state index contributed by atoms with van der Waals surface area (Å²) < 4.78 is 43.9. The van der Waals surface area contributed by atoms with Crippen LogP contribution in [-0.4, -0.2) is 28.4 Å². The van der Waals surface area contributed by atoms with Crippen LogP contribution < -0.4 is 4.74 Å². The summed E-state index contributed by atoms with van der Waals surface area (Å²) in [5.74, 6) is -1.95. The summed E-state index contributed by atoms with van der Waals surface area (Å²) in [6.45, 7) is 3.10. The van der Waals surface area contributed by atoms with Crippen molar-refractivity contribution in [2.75, 3.05) is 6.61 Å². The van der Waals surface area contributed by atoms with E-state index in [0.717, 1.165) is 12.1 Å². The minimum absolute atomic E-state index is 0.296. The first-order valence-corrected chi connectivity index (χ1v) is 6.42. The minimum Gasteiger partial charge on any atom is -0.490 e. The number of hydrogen-bond acceptors (Lipinski definition) is 3. The fraction of sp³-hybridized carbons (Fsp3) is 0.500. The molecule has 0 spiro atoms. The van der Waals surface area contributed by atoms with Crippen molar-refractivity contribution in [1.82, 2.24) is 0 Å². The Bertz CT molecular complexity index is 507. The largest absolute Gasteiger partial charge is 0.490 e. The summed E-state index contributed by atoms with van der Waals surface area (Å²) in [4.78, 5) is 10.8. The number of aliphatic hydroxyl groups is 1. The van der Waals surface area contributed by atoms with Crippen LogP contribution >= 0.6 is 0 Å². The molecule has 0 heterocycles. The lowest BCUT2D eigenvalue weighted by atomic mass is 9.99. The summed E-state index contributed by atoms with van der Waals surface area (Å²) in [5, 5.41) is 18.8. The van der Waals surface area contributed by atoms with Crippen molar-refractivity contribution >= 4 is 5.97 Å². The van der Waals surface area contributed by atoms with E-state index in [1.165, 1.54) is 0 Å². The molecule has 0 unspecified atom stereocenters. The van der Waals surface area contributed by atoms with Crippen LogP contribution in [0.1, 0.15) is 42.6 Å². The first kappa shape index (κ1) is 17.3. The molecule has 2 N–H and O–H groups in total. The summed E-state index contributed by atoms with van der Waals surface area (Å²) in [5.41, 5.74) is -2.86. The van der Waals surface area contributed by atoms with Gasteiger partial charge >= 0.3 is 12.1 Å². The van der Waals surface area contributed by atoms with Crippen molar-refractivity contribution in [2.45, 2.75) is 38.5 Å². The Kier molecular flexibility index (Phi) is 5.22. The number of ether oxygens (including phenoxy) is 1. The number of carboxylic acid groups (broad SMARTS) is 1. The van der Waals surface area contributed by atoms with Gasteiger partial charge in [-0.25, -0.2) is 4.79 Å². The molecule has 0 aliphatic rings. The average molecular weight is 306 g/mol. The lowest BCUT2D eigenvalue weighted by Crippen LogP contribution is -2.34. The zero-order valence-corrected chi connectivity index (χ0v) is 11.7. The first-order chi connectivity index (χ1) is 9.63. The second kappa shape index (κ2) is 6.34. The van der Waals surface area contributed by atoms with Gasteiger partial charge in [0.05, 0.1) is 16.7 Å². The molecule has 0 saturated carbocycles. The number of halogens is 3. The SMILES string of the molecule is CCC(O)(CC)COc1ccc(C(=O)O)cc1C(F)(F)F. The van der Waals surface area contributed by atoms with E-state index < -0.39 is 34.6 Å². The zero-order valence-electron chi connectivity index (χ0n) is 11.7. The molecule has 21 heavy (non-hydrogen) atoms. The van der Waals surface area contributed by atoms with Gasteiger partial charge in [0, 0.05) is 0 Å². The Hall–Kier alpha value is -1.76. The third-order valence-electron chi connectivity index (χ3n) is 3.34. The Morgan fingerprint density at radius 1 is 1.24 bits per heavy atom. The van der Waals surface area contributed by atoms with Gasteiger partial charge in [-0.15, -0.1) is 0 Å². The van der Waals surface area contributed by atoms with E-state index in [2.05, 4.69) is 0 Å². The van der Waals surface area contributed by atoms with Gasteiger partial charge in [-0.2, -0.15) is 13.2 Å². The predicted molar refractivity (Wildman–Crippen MR) is 69.4 cm³/mol. The van der Waals surface area contributed by atoms with E-state index in [0.29, 0.717) is 18.9 Å². The maximum Gasteiger partial charge on any atom is 0.419 e. The topological polar surface area (TPSA) is 66.8 Å². The minimum atomic E-state index is -4.74. The molecule has 0 aromatic heterocycles. The highest BCUT2D eigenvalue weighted by molar-refractivity contribution is 5.88. The number of carbonyl (C=O) groups is 1. The monoisotopic (exact) mass is 306 g/mol. The van der Waals surface area contributed by atoms with Gasteiger partial charge in [0.25, 0.3) is 0 Å². The van der Waals surface area contributed by atoms with Gasteiger partial charge in [-0.05, 0) is 31.0 Å². The Morgan fingerprint density at radius 2 is 1.81 bits per heavy atom. The summed E-state index contributed by atoms with van der Waals surface area (Å²) in [6.07, 6.45) is -4.08. The Morgan fingerprint density at radius 3 is 2.24 bits per heavy atom. The highest BCUT2D eigenvalue weighted by Crippen LogP contribution is 2.37. The summed E-state index contributed by atoms with van der Waals surface area (Å²) in [7, 11) is 0. The Balaban J connectivity index is 3.10. The van der Waals surface area contributed by atoms with Crippen LogP contribution in [0.3, 0.4) is 0 Å². The van der Waals surface area contributed by atoms with Crippen molar-refractivity contribution < 1.29 is 32.9 Å². The molecule has 7 heteroatoms. The van der Waals surface area contributed by atoms with Crippen LogP contribution in [0.4, 0.5) is 13.2 Å². The molecule has 0 bridgehead atoms. The van der Waals surface area contributed by atoms with Crippen molar-refractivity contribution in [3.63, 3.8) is 0 Å². The highest BCUT2D eigenvalue weighted by atomic mass is 19.4. The maximum atomic E-state index is 12.9. The second-order valence-electron chi connectivity index (χ2n) is 4.73. The van der Waals surface area contributed by atoms with E-state index in [-0.39, 0.29) is 6.61 Å². The summed E-state index contributed by atoms with van der Waals surface area (Å²) >= 11 is 0. The molecule has 1 aromatic rings. The quantitative estimate of drug-likeness (QED) is 0.846. The number of benzene rings is 1. The van der Waals surface area contributed by atoms with Crippen molar-refractivity contribution in [1.29, 1.82) is 0 Å². The zero-order chi connectivity index (χ0) is 16.3. The van der Waals surface area contributed by atoms with Crippen LogP contribution in [-0.2, 0) is 6.18 Å². The molecule has 118 valence electrons. The molecule has 0 radical (unpaired) electrons. The van der Waals surface area contributed by atoms with Gasteiger partial charge in [-0.3, -0.25) is 0 Å². The van der Waals surface area contributed by atoms with E-state index in [9.17, 15) is 23.1 Å². The molecule has 1 rings (SSSR count). The molecule has 0 aliphatic carbocycles. The molecular weight excluding hydrogens is 289 g/mol. The predicted octanol–water partition coefficient (Wildman–Crippen LogP) is 3.33. The fourth-order valence-corrected chi connectivity index (χ4v) is 1.68. The van der Waals surface area contributed by atoms with Crippen LogP contribution in [0.2, 0.25) is 0 Å². The van der Waals surface area contributed by atoms with E-state index >= 15 is 0 Å².